The quantitative estimate of drug-likeness (QED) is 0.608. The summed E-state index contributed by atoms with van der Waals surface area (Å²) in [6.07, 6.45) is 8.21. The summed E-state index contributed by atoms with van der Waals surface area (Å²) in [5, 5.41) is 15.2. The first-order valence-electron chi connectivity index (χ1n) is 4.43. The van der Waals surface area contributed by atoms with E-state index in [0.29, 0.717) is 17.7 Å². The molecule has 0 aromatic rings. The molecular formula is C9H13N3. The van der Waals surface area contributed by atoms with Gasteiger partial charge in [0.1, 0.15) is 11.7 Å². The predicted molar refractivity (Wildman–Crippen MR) is 48.7 cm³/mol. The fourth-order valence-corrected chi connectivity index (χ4v) is 2.00. The monoisotopic (exact) mass is 163 g/mol. The van der Waals surface area contributed by atoms with Crippen LogP contribution in [0.1, 0.15) is 25.7 Å². The largest absolute Gasteiger partial charge is 0.309 e. The first-order valence-corrected chi connectivity index (χ1v) is 4.43. The average Bonchev–Trinajstić information content (AvgIpc) is 2.61. The van der Waals surface area contributed by atoms with E-state index < -0.39 is 0 Å². The van der Waals surface area contributed by atoms with E-state index in [1.807, 2.05) is 4.90 Å². The predicted octanol–water partition coefficient (Wildman–Crippen LogP) is 1.76. The van der Waals surface area contributed by atoms with Crippen molar-refractivity contribution >= 4 is 11.7 Å². The molecule has 3 nitrogen and oxygen atoms in total. The standard InChI is InChI=1S/C9H13N3/c10-8-5-6-9(11)12(8)7-3-1-2-4-7/h5-7,10-11H,1-4H2. The number of hydrogen-bond donors (Lipinski definition) is 2. The van der Waals surface area contributed by atoms with E-state index in [2.05, 4.69) is 0 Å². The zero-order valence-electron chi connectivity index (χ0n) is 7.01. The van der Waals surface area contributed by atoms with E-state index in [1.165, 1.54) is 12.8 Å². The molecule has 1 fully saturated rings. The molecule has 0 aromatic heterocycles. The third kappa shape index (κ3) is 1.05. The van der Waals surface area contributed by atoms with Gasteiger partial charge >= 0.3 is 0 Å². The second kappa shape index (κ2) is 2.73. The highest BCUT2D eigenvalue weighted by Crippen LogP contribution is 2.25. The Kier molecular flexibility index (Phi) is 1.71. The molecule has 0 aromatic carbocycles. The van der Waals surface area contributed by atoms with Crippen molar-refractivity contribution in [2.75, 3.05) is 0 Å². The van der Waals surface area contributed by atoms with Gasteiger partial charge in [-0.25, -0.2) is 0 Å². The van der Waals surface area contributed by atoms with E-state index in [1.54, 1.807) is 12.2 Å². The fourth-order valence-electron chi connectivity index (χ4n) is 2.00. The molecule has 12 heavy (non-hydrogen) atoms. The highest BCUT2D eigenvalue weighted by Gasteiger charge is 2.28. The van der Waals surface area contributed by atoms with Gasteiger partial charge in [0.2, 0.25) is 0 Å². The molecule has 0 radical (unpaired) electrons. The molecule has 1 saturated carbocycles. The van der Waals surface area contributed by atoms with Crippen LogP contribution in [0.4, 0.5) is 0 Å². The van der Waals surface area contributed by atoms with Gasteiger partial charge in [0, 0.05) is 6.04 Å². The van der Waals surface area contributed by atoms with Gasteiger partial charge in [-0.15, -0.1) is 0 Å². The van der Waals surface area contributed by atoms with Crippen molar-refractivity contribution in [1.82, 2.24) is 4.90 Å². The summed E-state index contributed by atoms with van der Waals surface area (Å²) < 4.78 is 0. The molecule has 3 heteroatoms. The van der Waals surface area contributed by atoms with E-state index >= 15 is 0 Å². The first-order chi connectivity index (χ1) is 5.79. The maximum Gasteiger partial charge on any atom is 0.126 e. The number of rotatable bonds is 1. The lowest BCUT2D eigenvalue weighted by Gasteiger charge is -2.25. The normalized spacial score (nSPS) is 24.5. The molecule has 0 bridgehead atoms. The van der Waals surface area contributed by atoms with Gasteiger partial charge in [-0.2, -0.15) is 0 Å². The smallest absolute Gasteiger partial charge is 0.126 e. The van der Waals surface area contributed by atoms with Crippen molar-refractivity contribution in [3.63, 3.8) is 0 Å². The van der Waals surface area contributed by atoms with Crippen LogP contribution in [0.25, 0.3) is 0 Å². The van der Waals surface area contributed by atoms with Crippen LogP contribution in [0.2, 0.25) is 0 Å². The van der Waals surface area contributed by atoms with Crippen LogP contribution in [0, 0.1) is 10.8 Å². The molecule has 0 unspecified atom stereocenters. The minimum atomic E-state index is 0.431. The summed E-state index contributed by atoms with van der Waals surface area (Å²) in [5.74, 6) is 0.985. The molecule has 1 aliphatic carbocycles. The van der Waals surface area contributed by atoms with Crippen LogP contribution >= 0.6 is 0 Å². The zero-order valence-corrected chi connectivity index (χ0v) is 7.01. The van der Waals surface area contributed by atoms with E-state index in [4.69, 9.17) is 10.8 Å². The molecular weight excluding hydrogens is 150 g/mol. The van der Waals surface area contributed by atoms with Gasteiger partial charge in [-0.1, -0.05) is 12.8 Å². The Labute approximate surface area is 72.1 Å². The van der Waals surface area contributed by atoms with Crippen molar-refractivity contribution < 1.29 is 0 Å². The van der Waals surface area contributed by atoms with Crippen molar-refractivity contribution in [2.24, 2.45) is 0 Å². The summed E-state index contributed by atoms with van der Waals surface area (Å²) in [4.78, 5) is 1.84. The maximum absolute atomic E-state index is 7.60. The van der Waals surface area contributed by atoms with Crippen molar-refractivity contribution in [3.8, 4) is 0 Å². The minimum Gasteiger partial charge on any atom is -0.309 e. The lowest BCUT2D eigenvalue weighted by atomic mass is 10.2. The molecule has 0 saturated heterocycles. The van der Waals surface area contributed by atoms with Crippen molar-refractivity contribution in [3.05, 3.63) is 12.2 Å². The van der Waals surface area contributed by atoms with Crippen LogP contribution < -0.4 is 0 Å². The Balaban J connectivity index is 2.12. The number of nitrogens with zero attached hydrogens (tertiary/aromatic N) is 1. The summed E-state index contributed by atoms with van der Waals surface area (Å²) in [6.45, 7) is 0. The summed E-state index contributed by atoms with van der Waals surface area (Å²) >= 11 is 0. The van der Waals surface area contributed by atoms with Gasteiger partial charge in [-0.3, -0.25) is 10.8 Å². The Morgan fingerprint density at radius 1 is 1.08 bits per heavy atom. The van der Waals surface area contributed by atoms with Gasteiger partial charge in [0.15, 0.2) is 0 Å². The molecule has 2 rings (SSSR count). The highest BCUT2D eigenvalue weighted by atomic mass is 15.2. The van der Waals surface area contributed by atoms with Gasteiger partial charge in [0.05, 0.1) is 0 Å². The highest BCUT2D eigenvalue weighted by molar-refractivity contribution is 6.15. The fraction of sp³-hybridized carbons (Fsp3) is 0.556. The Morgan fingerprint density at radius 3 is 2.08 bits per heavy atom. The Morgan fingerprint density at radius 2 is 1.58 bits per heavy atom. The Bertz CT molecular complexity index is 230. The lowest BCUT2D eigenvalue weighted by Crippen LogP contribution is -2.37. The minimum absolute atomic E-state index is 0.431. The van der Waals surface area contributed by atoms with Gasteiger partial charge in [0.25, 0.3) is 0 Å². The van der Waals surface area contributed by atoms with E-state index in [0.717, 1.165) is 12.8 Å². The van der Waals surface area contributed by atoms with Crippen LogP contribution in [0.3, 0.4) is 0 Å². The molecule has 1 heterocycles. The van der Waals surface area contributed by atoms with Crippen molar-refractivity contribution in [2.45, 2.75) is 31.7 Å². The number of hydrogen-bond acceptors (Lipinski definition) is 2. The average molecular weight is 163 g/mol. The number of nitrogens with one attached hydrogen (secondary N) is 2. The second-order valence-electron chi connectivity index (χ2n) is 3.41. The summed E-state index contributed by atoms with van der Waals surface area (Å²) in [6, 6.07) is 0.431. The first kappa shape index (κ1) is 7.53. The SMILES string of the molecule is N=C1C=CC(=N)N1C1CCCC1. The summed E-state index contributed by atoms with van der Waals surface area (Å²) in [5.41, 5.74) is 0. The molecule has 64 valence electrons. The number of amidine groups is 2. The Hall–Kier alpha value is -1.12. The van der Waals surface area contributed by atoms with E-state index in [-0.39, 0.29) is 0 Å². The second-order valence-corrected chi connectivity index (χ2v) is 3.41. The molecule has 0 amide bonds. The molecule has 2 N–H and O–H groups in total. The van der Waals surface area contributed by atoms with Crippen LogP contribution in [0.15, 0.2) is 12.2 Å². The van der Waals surface area contributed by atoms with Crippen molar-refractivity contribution in [1.29, 1.82) is 10.8 Å². The van der Waals surface area contributed by atoms with E-state index in [9.17, 15) is 0 Å². The van der Waals surface area contributed by atoms with Gasteiger partial charge < -0.3 is 4.90 Å². The van der Waals surface area contributed by atoms with Gasteiger partial charge in [-0.05, 0) is 25.0 Å². The molecule has 1 aliphatic heterocycles. The van der Waals surface area contributed by atoms with Crippen LogP contribution in [0.5, 0.6) is 0 Å². The molecule has 2 aliphatic rings. The molecule has 0 spiro atoms. The third-order valence-electron chi connectivity index (χ3n) is 2.61. The third-order valence-corrected chi connectivity index (χ3v) is 2.61. The summed E-state index contributed by atoms with van der Waals surface area (Å²) in [7, 11) is 0. The zero-order chi connectivity index (χ0) is 8.55. The molecule has 0 atom stereocenters. The van der Waals surface area contributed by atoms with Crippen LogP contribution in [-0.2, 0) is 0 Å². The topological polar surface area (TPSA) is 50.9 Å². The maximum atomic E-state index is 7.60. The lowest BCUT2D eigenvalue weighted by molar-refractivity contribution is 0.446. The van der Waals surface area contributed by atoms with Crippen LogP contribution in [-0.4, -0.2) is 22.6 Å².